The minimum atomic E-state index is -1.23. The first kappa shape index (κ1) is 12.8. The molecule has 0 aliphatic carbocycles. The van der Waals surface area contributed by atoms with Gasteiger partial charge in [-0.25, -0.2) is 0 Å². The van der Waals surface area contributed by atoms with Crippen molar-refractivity contribution < 1.29 is 5.11 Å². The maximum absolute atomic E-state index is 11.1. The van der Waals surface area contributed by atoms with E-state index in [1.54, 1.807) is 12.4 Å². The van der Waals surface area contributed by atoms with E-state index in [0.29, 0.717) is 0 Å². The second kappa shape index (κ2) is 5.04. The number of pyridine rings is 1. The van der Waals surface area contributed by atoms with Crippen LogP contribution in [0, 0.1) is 0 Å². The third-order valence-corrected chi connectivity index (χ3v) is 3.66. The molecule has 3 heteroatoms. The predicted octanol–water partition coefficient (Wildman–Crippen LogP) is 2.43. The van der Waals surface area contributed by atoms with Gasteiger partial charge >= 0.3 is 0 Å². The quantitative estimate of drug-likeness (QED) is 0.764. The van der Waals surface area contributed by atoms with Crippen LogP contribution in [0.25, 0.3) is 10.8 Å². The van der Waals surface area contributed by atoms with E-state index in [9.17, 15) is 5.11 Å². The van der Waals surface area contributed by atoms with Crippen molar-refractivity contribution in [2.45, 2.75) is 5.60 Å². The van der Waals surface area contributed by atoms with Crippen molar-refractivity contribution in [3.63, 3.8) is 0 Å². The number of benzene rings is 2. The van der Waals surface area contributed by atoms with Gasteiger partial charge in [-0.15, -0.1) is 0 Å². The van der Waals surface area contributed by atoms with E-state index < -0.39 is 5.60 Å². The van der Waals surface area contributed by atoms with Gasteiger partial charge in [-0.3, -0.25) is 4.98 Å². The second-order valence-corrected chi connectivity index (χ2v) is 4.84. The van der Waals surface area contributed by atoms with Gasteiger partial charge in [0.25, 0.3) is 0 Å². The van der Waals surface area contributed by atoms with Crippen LogP contribution in [0.15, 0.2) is 67.0 Å². The molecular weight excluding hydrogens is 248 g/mol. The van der Waals surface area contributed by atoms with Crippen LogP contribution < -0.4 is 5.73 Å². The molecule has 0 aliphatic heterocycles. The zero-order valence-corrected chi connectivity index (χ0v) is 11.0. The van der Waals surface area contributed by atoms with Crippen molar-refractivity contribution >= 4 is 10.8 Å². The minimum absolute atomic E-state index is 0.104. The lowest BCUT2D eigenvalue weighted by molar-refractivity contribution is 0.0914. The number of nitrogens with zero attached hydrogens (tertiary/aromatic N) is 1. The summed E-state index contributed by atoms with van der Waals surface area (Å²) in [5.74, 6) is 0. The van der Waals surface area contributed by atoms with Crippen LogP contribution in [0.2, 0.25) is 0 Å². The molecule has 3 rings (SSSR count). The Kier molecular flexibility index (Phi) is 3.22. The number of rotatable bonds is 3. The molecule has 1 heterocycles. The Balaban J connectivity index is 2.27. The first-order valence-corrected chi connectivity index (χ1v) is 6.57. The Labute approximate surface area is 117 Å². The molecule has 1 unspecified atom stereocenters. The van der Waals surface area contributed by atoms with Crippen LogP contribution in [-0.4, -0.2) is 16.6 Å². The molecule has 1 aromatic heterocycles. The van der Waals surface area contributed by atoms with Gasteiger partial charge in [0.05, 0.1) is 0 Å². The van der Waals surface area contributed by atoms with E-state index in [1.165, 1.54) is 0 Å². The van der Waals surface area contributed by atoms with Crippen molar-refractivity contribution in [2.24, 2.45) is 5.73 Å². The van der Waals surface area contributed by atoms with Gasteiger partial charge in [0.1, 0.15) is 5.60 Å². The molecule has 0 radical (unpaired) electrons. The van der Waals surface area contributed by atoms with E-state index in [2.05, 4.69) is 4.98 Å². The number of hydrogen-bond acceptors (Lipinski definition) is 3. The summed E-state index contributed by atoms with van der Waals surface area (Å²) >= 11 is 0. The van der Waals surface area contributed by atoms with E-state index in [1.807, 2.05) is 54.6 Å². The van der Waals surface area contributed by atoms with E-state index in [0.717, 1.165) is 21.9 Å². The Morgan fingerprint density at radius 2 is 1.65 bits per heavy atom. The van der Waals surface area contributed by atoms with Crippen molar-refractivity contribution in [3.05, 3.63) is 78.1 Å². The third-order valence-electron chi connectivity index (χ3n) is 3.66. The van der Waals surface area contributed by atoms with Crippen molar-refractivity contribution in [1.82, 2.24) is 4.98 Å². The molecule has 0 spiro atoms. The monoisotopic (exact) mass is 264 g/mol. The fourth-order valence-corrected chi connectivity index (χ4v) is 2.54. The van der Waals surface area contributed by atoms with Gasteiger partial charge in [0.15, 0.2) is 0 Å². The predicted molar refractivity (Wildman–Crippen MR) is 80.2 cm³/mol. The molecule has 0 saturated carbocycles. The molecule has 0 saturated heterocycles. The van der Waals surface area contributed by atoms with E-state index in [4.69, 9.17) is 5.73 Å². The minimum Gasteiger partial charge on any atom is -0.379 e. The Hall–Kier alpha value is -2.23. The highest BCUT2D eigenvalue weighted by molar-refractivity contribution is 5.86. The number of nitrogens with two attached hydrogens (primary N) is 1. The van der Waals surface area contributed by atoms with Crippen molar-refractivity contribution in [3.8, 4) is 0 Å². The summed E-state index contributed by atoms with van der Waals surface area (Å²) < 4.78 is 0. The fourth-order valence-electron chi connectivity index (χ4n) is 2.54. The van der Waals surface area contributed by atoms with Crippen molar-refractivity contribution in [2.75, 3.05) is 6.54 Å². The number of hydrogen-bond donors (Lipinski definition) is 2. The largest absolute Gasteiger partial charge is 0.379 e. The van der Waals surface area contributed by atoms with Gasteiger partial charge in [-0.2, -0.15) is 0 Å². The van der Waals surface area contributed by atoms with Crippen LogP contribution in [0.3, 0.4) is 0 Å². The summed E-state index contributed by atoms with van der Waals surface area (Å²) in [7, 11) is 0. The van der Waals surface area contributed by atoms with Gasteiger partial charge in [0.2, 0.25) is 0 Å². The molecule has 3 aromatic rings. The maximum atomic E-state index is 11.1. The zero-order valence-electron chi connectivity index (χ0n) is 11.0. The van der Waals surface area contributed by atoms with Crippen LogP contribution >= 0.6 is 0 Å². The average molecular weight is 264 g/mol. The van der Waals surface area contributed by atoms with Gasteiger partial charge in [-0.1, -0.05) is 54.6 Å². The summed E-state index contributed by atoms with van der Waals surface area (Å²) in [4.78, 5) is 4.24. The average Bonchev–Trinajstić information content (AvgIpc) is 2.54. The van der Waals surface area contributed by atoms with Crippen LogP contribution in [0.5, 0.6) is 0 Å². The summed E-state index contributed by atoms with van der Waals surface area (Å²) in [6, 6.07) is 17.4. The SMILES string of the molecule is NCC(O)(c1ccccc1)c1cncc2ccccc12. The highest BCUT2D eigenvalue weighted by Gasteiger charge is 2.31. The Bertz CT molecular complexity index is 722. The molecule has 100 valence electrons. The first-order valence-electron chi connectivity index (χ1n) is 6.57. The standard InChI is InChI=1S/C17H16N2O/c18-12-17(20,14-7-2-1-3-8-14)16-11-19-10-13-6-4-5-9-15(13)16/h1-11,20H,12,18H2. The molecule has 0 bridgehead atoms. The molecular formula is C17H16N2O. The van der Waals surface area contributed by atoms with E-state index >= 15 is 0 Å². The van der Waals surface area contributed by atoms with Crippen molar-refractivity contribution in [1.29, 1.82) is 0 Å². The fraction of sp³-hybridized carbons (Fsp3) is 0.118. The van der Waals surface area contributed by atoms with Gasteiger partial charge in [-0.05, 0) is 10.9 Å². The maximum Gasteiger partial charge on any atom is 0.129 e. The summed E-state index contributed by atoms with van der Waals surface area (Å²) in [6.07, 6.45) is 3.49. The molecule has 0 fully saturated rings. The molecule has 1 atom stereocenters. The highest BCUT2D eigenvalue weighted by Crippen LogP contribution is 2.32. The van der Waals surface area contributed by atoms with Gasteiger partial charge < -0.3 is 10.8 Å². The molecule has 2 aromatic carbocycles. The van der Waals surface area contributed by atoms with Gasteiger partial charge in [0, 0.05) is 29.9 Å². The highest BCUT2D eigenvalue weighted by atomic mass is 16.3. The van der Waals surface area contributed by atoms with Crippen LogP contribution in [-0.2, 0) is 5.60 Å². The summed E-state index contributed by atoms with van der Waals surface area (Å²) in [6.45, 7) is 0.104. The third kappa shape index (κ3) is 1.97. The lowest BCUT2D eigenvalue weighted by Crippen LogP contribution is -2.36. The lowest BCUT2D eigenvalue weighted by atomic mass is 9.85. The molecule has 3 N–H and O–H groups in total. The molecule has 0 amide bonds. The lowest BCUT2D eigenvalue weighted by Gasteiger charge is -2.28. The summed E-state index contributed by atoms with van der Waals surface area (Å²) in [5, 5.41) is 13.1. The zero-order chi connectivity index (χ0) is 14.0. The number of aliphatic hydroxyl groups is 1. The Morgan fingerprint density at radius 3 is 2.40 bits per heavy atom. The molecule has 3 nitrogen and oxygen atoms in total. The molecule has 20 heavy (non-hydrogen) atoms. The smallest absolute Gasteiger partial charge is 0.129 e. The normalized spacial score (nSPS) is 14.1. The topological polar surface area (TPSA) is 59.1 Å². The number of fused-ring (bicyclic) bond motifs is 1. The Morgan fingerprint density at radius 1 is 0.950 bits per heavy atom. The number of aromatic nitrogens is 1. The van der Waals surface area contributed by atoms with E-state index in [-0.39, 0.29) is 6.54 Å². The first-order chi connectivity index (χ1) is 9.75. The van der Waals surface area contributed by atoms with Crippen LogP contribution in [0.4, 0.5) is 0 Å². The molecule has 0 aliphatic rings. The van der Waals surface area contributed by atoms with Crippen LogP contribution in [0.1, 0.15) is 11.1 Å². The summed E-state index contributed by atoms with van der Waals surface area (Å²) in [5.41, 5.74) is 6.18. The second-order valence-electron chi connectivity index (χ2n) is 4.84.